The summed E-state index contributed by atoms with van der Waals surface area (Å²) in [6.07, 6.45) is 3.54. The van der Waals surface area contributed by atoms with Gasteiger partial charge in [-0.3, -0.25) is 14.6 Å². The van der Waals surface area contributed by atoms with Crippen LogP contribution in [0, 0.1) is 13.8 Å². The first-order valence-corrected chi connectivity index (χ1v) is 10.1. The smallest absolute Gasteiger partial charge is 0.155 e. The predicted octanol–water partition coefficient (Wildman–Crippen LogP) is 2.27. The molecule has 0 amide bonds. The summed E-state index contributed by atoms with van der Waals surface area (Å²) in [5.41, 5.74) is 12.6. The number of rotatable bonds is 5. The van der Waals surface area contributed by atoms with Crippen LogP contribution in [0.5, 0.6) is 0 Å². The molecule has 1 saturated heterocycles. The summed E-state index contributed by atoms with van der Waals surface area (Å²) >= 11 is 0. The minimum Gasteiger partial charge on any atom is -0.352 e. The van der Waals surface area contributed by atoms with Crippen LogP contribution in [0.1, 0.15) is 22.5 Å². The van der Waals surface area contributed by atoms with E-state index in [1.165, 1.54) is 11.3 Å². The molecular weight excluding hydrogens is 362 g/mol. The number of aromatic nitrogens is 4. The summed E-state index contributed by atoms with van der Waals surface area (Å²) < 4.78 is 1.97. The molecule has 1 aromatic carbocycles. The lowest BCUT2D eigenvalue weighted by molar-refractivity contribution is 0.248. The SMILES string of the molecule is Cc1nn(C)c(C)c1CN1CCN(c2nccnc2-c2ccc(CN)cc2)CC1. The molecule has 0 unspecified atom stereocenters. The fraction of sp³-hybridized carbons (Fsp3) is 0.409. The first kappa shape index (κ1) is 19.5. The van der Waals surface area contributed by atoms with Crippen molar-refractivity contribution in [3.63, 3.8) is 0 Å². The van der Waals surface area contributed by atoms with Gasteiger partial charge in [0, 0.05) is 75.5 Å². The van der Waals surface area contributed by atoms with Gasteiger partial charge in [0.2, 0.25) is 0 Å². The van der Waals surface area contributed by atoms with E-state index in [9.17, 15) is 0 Å². The van der Waals surface area contributed by atoms with E-state index in [0.29, 0.717) is 6.54 Å². The molecule has 29 heavy (non-hydrogen) atoms. The lowest BCUT2D eigenvalue weighted by Crippen LogP contribution is -2.46. The molecule has 7 heteroatoms. The van der Waals surface area contributed by atoms with E-state index in [-0.39, 0.29) is 0 Å². The van der Waals surface area contributed by atoms with Crippen molar-refractivity contribution in [2.45, 2.75) is 26.9 Å². The second-order valence-corrected chi connectivity index (χ2v) is 7.67. The fourth-order valence-corrected chi connectivity index (χ4v) is 3.95. The van der Waals surface area contributed by atoms with E-state index < -0.39 is 0 Å². The maximum absolute atomic E-state index is 5.73. The van der Waals surface area contributed by atoms with Gasteiger partial charge in [-0.15, -0.1) is 0 Å². The Kier molecular flexibility index (Phi) is 5.60. The van der Waals surface area contributed by atoms with E-state index in [0.717, 1.165) is 61.1 Å². The third kappa shape index (κ3) is 4.02. The maximum atomic E-state index is 5.73. The van der Waals surface area contributed by atoms with Crippen LogP contribution in [0.25, 0.3) is 11.3 Å². The van der Waals surface area contributed by atoms with Gasteiger partial charge in [-0.2, -0.15) is 5.10 Å². The lowest BCUT2D eigenvalue weighted by atomic mass is 10.1. The summed E-state index contributed by atoms with van der Waals surface area (Å²) in [5, 5.41) is 4.55. The van der Waals surface area contributed by atoms with Crippen LogP contribution in [-0.2, 0) is 20.1 Å². The van der Waals surface area contributed by atoms with Crippen LogP contribution in [0.3, 0.4) is 0 Å². The first-order chi connectivity index (χ1) is 14.1. The molecule has 7 nitrogen and oxygen atoms in total. The van der Waals surface area contributed by atoms with Gasteiger partial charge >= 0.3 is 0 Å². The van der Waals surface area contributed by atoms with Crippen molar-refractivity contribution in [3.8, 4) is 11.3 Å². The second kappa shape index (κ2) is 8.31. The van der Waals surface area contributed by atoms with Crippen molar-refractivity contribution < 1.29 is 0 Å². The van der Waals surface area contributed by atoms with Gasteiger partial charge < -0.3 is 10.6 Å². The Balaban J connectivity index is 1.47. The van der Waals surface area contributed by atoms with Crippen molar-refractivity contribution in [1.29, 1.82) is 0 Å². The summed E-state index contributed by atoms with van der Waals surface area (Å²) in [6.45, 7) is 9.61. The van der Waals surface area contributed by atoms with Crippen LogP contribution in [0.15, 0.2) is 36.7 Å². The Morgan fingerprint density at radius 2 is 1.66 bits per heavy atom. The average molecular weight is 392 g/mol. The molecule has 0 bridgehead atoms. The predicted molar refractivity (Wildman–Crippen MR) is 116 cm³/mol. The number of hydrogen-bond donors (Lipinski definition) is 1. The van der Waals surface area contributed by atoms with Gasteiger partial charge in [0.1, 0.15) is 5.69 Å². The average Bonchev–Trinajstić information content (AvgIpc) is 3.00. The van der Waals surface area contributed by atoms with Crippen LogP contribution < -0.4 is 10.6 Å². The van der Waals surface area contributed by atoms with E-state index >= 15 is 0 Å². The standard InChI is InChI=1S/C22H29N7/c1-16-20(17(2)27(3)26-16)15-28-10-12-29(13-11-28)22-21(24-8-9-25-22)19-6-4-18(14-23)5-7-19/h4-9H,10-15,23H2,1-3H3. The van der Waals surface area contributed by atoms with Gasteiger partial charge in [-0.25, -0.2) is 4.98 Å². The van der Waals surface area contributed by atoms with Crippen molar-refractivity contribution in [1.82, 2.24) is 24.6 Å². The first-order valence-electron chi connectivity index (χ1n) is 10.1. The highest BCUT2D eigenvalue weighted by atomic mass is 15.3. The quantitative estimate of drug-likeness (QED) is 0.719. The molecule has 0 radical (unpaired) electrons. The van der Waals surface area contributed by atoms with Gasteiger partial charge in [0.15, 0.2) is 5.82 Å². The molecule has 2 aromatic heterocycles. The molecule has 2 N–H and O–H groups in total. The molecule has 0 atom stereocenters. The zero-order chi connectivity index (χ0) is 20.4. The van der Waals surface area contributed by atoms with Crippen molar-refractivity contribution in [2.75, 3.05) is 31.1 Å². The fourth-order valence-electron chi connectivity index (χ4n) is 3.95. The Labute approximate surface area is 172 Å². The molecule has 152 valence electrons. The maximum Gasteiger partial charge on any atom is 0.155 e. The molecule has 3 heterocycles. The summed E-state index contributed by atoms with van der Waals surface area (Å²) in [7, 11) is 2.01. The largest absolute Gasteiger partial charge is 0.352 e. The molecule has 3 aromatic rings. The number of benzene rings is 1. The normalized spacial score (nSPS) is 15.1. The monoisotopic (exact) mass is 391 g/mol. The van der Waals surface area contributed by atoms with Gasteiger partial charge in [0.25, 0.3) is 0 Å². The summed E-state index contributed by atoms with van der Waals surface area (Å²) in [6, 6.07) is 8.29. The molecule has 0 spiro atoms. The number of anilines is 1. The van der Waals surface area contributed by atoms with Crippen LogP contribution in [0.2, 0.25) is 0 Å². The highest BCUT2D eigenvalue weighted by Crippen LogP contribution is 2.28. The third-order valence-electron chi connectivity index (χ3n) is 5.85. The molecule has 1 aliphatic heterocycles. The molecular formula is C22H29N7. The highest BCUT2D eigenvalue weighted by molar-refractivity contribution is 5.72. The third-order valence-corrected chi connectivity index (χ3v) is 5.85. The Morgan fingerprint density at radius 3 is 2.28 bits per heavy atom. The number of piperazine rings is 1. The number of aryl methyl sites for hydroxylation is 2. The van der Waals surface area contributed by atoms with Crippen molar-refractivity contribution in [3.05, 3.63) is 59.2 Å². The zero-order valence-electron chi connectivity index (χ0n) is 17.5. The van der Waals surface area contributed by atoms with Gasteiger partial charge in [-0.05, 0) is 19.4 Å². The summed E-state index contributed by atoms with van der Waals surface area (Å²) in [4.78, 5) is 14.1. The Bertz CT molecular complexity index is 969. The van der Waals surface area contributed by atoms with E-state index in [1.54, 1.807) is 12.4 Å². The Hall–Kier alpha value is -2.77. The van der Waals surface area contributed by atoms with Gasteiger partial charge in [0.05, 0.1) is 5.69 Å². The number of hydrogen-bond acceptors (Lipinski definition) is 6. The molecule has 4 rings (SSSR count). The number of nitrogens with two attached hydrogens (primary N) is 1. The number of nitrogens with zero attached hydrogens (tertiary/aromatic N) is 6. The lowest BCUT2D eigenvalue weighted by Gasteiger charge is -2.36. The van der Waals surface area contributed by atoms with E-state index in [1.807, 2.05) is 11.7 Å². The minimum absolute atomic E-state index is 0.547. The van der Waals surface area contributed by atoms with Gasteiger partial charge in [-0.1, -0.05) is 24.3 Å². The molecule has 0 saturated carbocycles. The highest BCUT2D eigenvalue weighted by Gasteiger charge is 2.23. The van der Waals surface area contributed by atoms with Crippen LogP contribution in [0.4, 0.5) is 5.82 Å². The molecule has 1 aliphatic rings. The molecule has 0 aliphatic carbocycles. The van der Waals surface area contributed by atoms with E-state index in [2.05, 4.69) is 63.0 Å². The topological polar surface area (TPSA) is 76.1 Å². The van der Waals surface area contributed by atoms with Crippen molar-refractivity contribution in [2.24, 2.45) is 12.8 Å². The molecule has 1 fully saturated rings. The summed E-state index contributed by atoms with van der Waals surface area (Å²) in [5.74, 6) is 0.960. The second-order valence-electron chi connectivity index (χ2n) is 7.67. The van der Waals surface area contributed by atoms with Crippen molar-refractivity contribution >= 4 is 5.82 Å². The van der Waals surface area contributed by atoms with Crippen LogP contribution >= 0.6 is 0 Å². The van der Waals surface area contributed by atoms with E-state index in [4.69, 9.17) is 5.73 Å². The van der Waals surface area contributed by atoms with Crippen LogP contribution in [-0.4, -0.2) is 50.8 Å². The zero-order valence-corrected chi connectivity index (χ0v) is 17.5. The minimum atomic E-state index is 0.547. The Morgan fingerprint density at radius 1 is 0.966 bits per heavy atom.